The van der Waals surface area contributed by atoms with Gasteiger partial charge in [-0.1, -0.05) is 36.4 Å². The molecule has 3 heterocycles. The van der Waals surface area contributed by atoms with E-state index in [1.165, 1.54) is 0 Å². The molecule has 5 heteroatoms. The number of fused-ring (bicyclic) bond motifs is 1. The molecule has 2 aromatic rings. The van der Waals surface area contributed by atoms with Gasteiger partial charge in [0.1, 0.15) is 5.82 Å². The topological polar surface area (TPSA) is 54.5 Å². The van der Waals surface area contributed by atoms with E-state index < -0.39 is 0 Å². The van der Waals surface area contributed by atoms with Gasteiger partial charge in [-0.2, -0.15) is 0 Å². The molecule has 0 radical (unpaired) electrons. The van der Waals surface area contributed by atoms with E-state index in [4.69, 9.17) is 4.74 Å². The van der Waals surface area contributed by atoms with E-state index in [-0.39, 0.29) is 12.0 Å². The number of aromatic nitrogens is 1. The molecule has 1 aromatic heterocycles. The lowest BCUT2D eigenvalue weighted by Gasteiger charge is -2.20. The Morgan fingerprint density at radius 3 is 2.80 bits per heavy atom. The summed E-state index contributed by atoms with van der Waals surface area (Å²) >= 11 is 0. The van der Waals surface area contributed by atoms with Crippen LogP contribution in [-0.4, -0.2) is 48.1 Å². The molecule has 2 aliphatic rings. The number of anilines is 1. The number of hydrogen-bond acceptors (Lipinski definition) is 4. The summed E-state index contributed by atoms with van der Waals surface area (Å²) in [6.07, 6.45) is 2.43. The second-order valence-electron chi connectivity index (χ2n) is 6.85. The van der Waals surface area contributed by atoms with E-state index >= 15 is 0 Å². The van der Waals surface area contributed by atoms with Gasteiger partial charge in [0, 0.05) is 37.7 Å². The summed E-state index contributed by atoms with van der Waals surface area (Å²) in [5.74, 6) is 1.92. The number of amides is 1. The van der Waals surface area contributed by atoms with Crippen molar-refractivity contribution in [1.82, 2.24) is 9.88 Å². The fraction of sp³-hybridized carbons (Fsp3) is 0.400. The van der Waals surface area contributed by atoms with Crippen molar-refractivity contribution in [3.05, 3.63) is 60.3 Å². The highest BCUT2D eigenvalue weighted by Gasteiger charge is 2.44. The minimum atomic E-state index is 0.176. The Morgan fingerprint density at radius 1 is 1.16 bits per heavy atom. The van der Waals surface area contributed by atoms with Gasteiger partial charge in [-0.3, -0.25) is 4.79 Å². The molecule has 130 valence electrons. The number of carbonyl (C=O) groups is 1. The van der Waals surface area contributed by atoms with Crippen molar-refractivity contribution < 1.29 is 9.53 Å². The van der Waals surface area contributed by atoms with E-state index in [0.29, 0.717) is 18.3 Å². The maximum Gasteiger partial charge on any atom is 0.227 e. The highest BCUT2D eigenvalue weighted by atomic mass is 16.5. The molecule has 3 atom stereocenters. The number of pyridine rings is 1. The van der Waals surface area contributed by atoms with Gasteiger partial charge in [-0.15, -0.1) is 0 Å². The third-order valence-corrected chi connectivity index (χ3v) is 5.20. The van der Waals surface area contributed by atoms with Gasteiger partial charge in [-0.05, 0) is 17.7 Å². The Kier molecular flexibility index (Phi) is 4.65. The average Bonchev–Trinajstić information content (AvgIpc) is 3.23. The van der Waals surface area contributed by atoms with Crippen LogP contribution in [0.1, 0.15) is 5.56 Å². The summed E-state index contributed by atoms with van der Waals surface area (Å²) in [4.78, 5) is 18.8. The third-order valence-electron chi connectivity index (χ3n) is 5.20. The minimum Gasteiger partial charge on any atom is -0.376 e. The summed E-state index contributed by atoms with van der Waals surface area (Å²) in [6, 6.07) is 15.8. The lowest BCUT2D eigenvalue weighted by molar-refractivity contribution is -0.130. The summed E-state index contributed by atoms with van der Waals surface area (Å²) in [7, 11) is 0. The molecular formula is C20H23N3O2. The van der Waals surface area contributed by atoms with Gasteiger partial charge in [-0.25, -0.2) is 4.98 Å². The van der Waals surface area contributed by atoms with E-state index in [2.05, 4.69) is 10.3 Å². The summed E-state index contributed by atoms with van der Waals surface area (Å²) in [5, 5.41) is 3.39. The summed E-state index contributed by atoms with van der Waals surface area (Å²) in [5.41, 5.74) is 1.07. The average molecular weight is 337 g/mol. The minimum absolute atomic E-state index is 0.176. The van der Waals surface area contributed by atoms with Gasteiger partial charge in [0.05, 0.1) is 19.1 Å². The number of nitrogens with zero attached hydrogens (tertiary/aromatic N) is 2. The van der Waals surface area contributed by atoms with Crippen LogP contribution >= 0.6 is 0 Å². The normalized spacial score (nSPS) is 25.0. The van der Waals surface area contributed by atoms with Gasteiger partial charge in [0.15, 0.2) is 0 Å². The molecule has 1 N–H and O–H groups in total. The summed E-state index contributed by atoms with van der Waals surface area (Å²) in [6.45, 7) is 3.11. The van der Waals surface area contributed by atoms with Crippen molar-refractivity contribution in [2.24, 2.45) is 11.8 Å². The lowest BCUT2D eigenvalue weighted by atomic mass is 9.93. The molecule has 0 saturated carbocycles. The number of ether oxygens (including phenoxy) is 1. The summed E-state index contributed by atoms with van der Waals surface area (Å²) < 4.78 is 5.95. The number of likely N-dealkylation sites (tertiary alicyclic amines) is 1. The highest BCUT2D eigenvalue weighted by Crippen LogP contribution is 2.34. The van der Waals surface area contributed by atoms with Crippen LogP contribution in [-0.2, 0) is 16.0 Å². The lowest BCUT2D eigenvalue weighted by Crippen LogP contribution is -2.33. The van der Waals surface area contributed by atoms with Crippen LogP contribution in [0.15, 0.2) is 54.7 Å². The Balaban J connectivity index is 1.32. The Labute approximate surface area is 148 Å². The first kappa shape index (κ1) is 16.1. The Morgan fingerprint density at radius 2 is 2.00 bits per heavy atom. The van der Waals surface area contributed by atoms with Gasteiger partial charge in [0.25, 0.3) is 0 Å². The molecule has 0 spiro atoms. The molecule has 2 aliphatic heterocycles. The van der Waals surface area contributed by atoms with Crippen molar-refractivity contribution in [1.29, 1.82) is 0 Å². The SMILES string of the molecule is O=C(Cc1ccccc1)N1C[C@H]2[C@H](CNc3ccccn3)CO[C@H]2C1. The quantitative estimate of drug-likeness (QED) is 0.909. The van der Waals surface area contributed by atoms with Crippen LogP contribution < -0.4 is 5.32 Å². The van der Waals surface area contributed by atoms with Crippen molar-refractivity contribution in [3.63, 3.8) is 0 Å². The number of rotatable bonds is 5. The largest absolute Gasteiger partial charge is 0.376 e. The van der Waals surface area contributed by atoms with Crippen molar-refractivity contribution in [2.75, 3.05) is 31.6 Å². The molecule has 4 rings (SSSR count). The van der Waals surface area contributed by atoms with Crippen molar-refractivity contribution in [3.8, 4) is 0 Å². The molecule has 1 amide bonds. The maximum absolute atomic E-state index is 12.6. The highest BCUT2D eigenvalue weighted by molar-refractivity contribution is 5.79. The van der Waals surface area contributed by atoms with Crippen LogP contribution in [0.2, 0.25) is 0 Å². The number of hydrogen-bond donors (Lipinski definition) is 1. The monoisotopic (exact) mass is 337 g/mol. The van der Waals surface area contributed by atoms with Crippen LogP contribution in [0.4, 0.5) is 5.82 Å². The van der Waals surface area contributed by atoms with Gasteiger partial charge >= 0.3 is 0 Å². The molecule has 2 fully saturated rings. The van der Waals surface area contributed by atoms with Gasteiger partial charge < -0.3 is 15.0 Å². The van der Waals surface area contributed by atoms with E-state index in [0.717, 1.165) is 37.6 Å². The molecule has 5 nitrogen and oxygen atoms in total. The van der Waals surface area contributed by atoms with E-state index in [9.17, 15) is 4.79 Å². The maximum atomic E-state index is 12.6. The molecule has 0 aliphatic carbocycles. The van der Waals surface area contributed by atoms with Crippen LogP contribution in [0.5, 0.6) is 0 Å². The predicted octanol–water partition coefficient (Wildman–Crippen LogP) is 2.21. The van der Waals surface area contributed by atoms with Crippen LogP contribution in [0, 0.1) is 11.8 Å². The Bertz CT molecular complexity index is 707. The fourth-order valence-electron chi connectivity index (χ4n) is 3.80. The number of carbonyl (C=O) groups excluding carboxylic acids is 1. The molecule has 0 unspecified atom stereocenters. The second-order valence-corrected chi connectivity index (χ2v) is 6.85. The zero-order valence-electron chi connectivity index (χ0n) is 14.2. The fourth-order valence-corrected chi connectivity index (χ4v) is 3.80. The molecule has 25 heavy (non-hydrogen) atoms. The first-order chi connectivity index (χ1) is 12.3. The first-order valence-corrected chi connectivity index (χ1v) is 8.88. The van der Waals surface area contributed by atoms with Gasteiger partial charge in [0.2, 0.25) is 5.91 Å². The third kappa shape index (κ3) is 3.66. The molecule has 2 saturated heterocycles. The first-order valence-electron chi connectivity index (χ1n) is 8.88. The molecule has 0 bridgehead atoms. The number of benzene rings is 1. The van der Waals surface area contributed by atoms with E-state index in [1.807, 2.05) is 53.4 Å². The smallest absolute Gasteiger partial charge is 0.227 e. The second kappa shape index (κ2) is 7.23. The van der Waals surface area contributed by atoms with Crippen LogP contribution in [0.3, 0.4) is 0 Å². The standard InChI is InChI=1S/C20H23N3O2/c24-20(10-15-6-2-1-3-7-15)23-12-17-16(14-25-18(17)13-23)11-22-19-8-4-5-9-21-19/h1-9,16-18H,10-14H2,(H,21,22)/t16-,17+,18+/m1/s1. The predicted molar refractivity (Wildman–Crippen MR) is 96.2 cm³/mol. The van der Waals surface area contributed by atoms with E-state index in [1.54, 1.807) is 6.20 Å². The molecular weight excluding hydrogens is 314 g/mol. The number of nitrogens with one attached hydrogen (secondary N) is 1. The zero-order chi connectivity index (χ0) is 17.1. The Hall–Kier alpha value is -2.40. The van der Waals surface area contributed by atoms with Crippen molar-refractivity contribution >= 4 is 11.7 Å². The van der Waals surface area contributed by atoms with Crippen LogP contribution in [0.25, 0.3) is 0 Å². The molecule has 1 aromatic carbocycles. The zero-order valence-corrected chi connectivity index (χ0v) is 14.2. The van der Waals surface area contributed by atoms with Crippen molar-refractivity contribution in [2.45, 2.75) is 12.5 Å².